The van der Waals surface area contributed by atoms with E-state index in [1.165, 1.54) is 4.88 Å². The van der Waals surface area contributed by atoms with E-state index in [4.69, 9.17) is 10.5 Å². The number of carbonyl (C=O) groups is 1. The third-order valence-electron chi connectivity index (χ3n) is 3.35. The van der Waals surface area contributed by atoms with Crippen LogP contribution in [0.15, 0.2) is 17.5 Å². The second kappa shape index (κ2) is 8.30. The molecule has 19 heavy (non-hydrogen) atoms. The van der Waals surface area contributed by atoms with Gasteiger partial charge in [-0.3, -0.25) is 4.79 Å². The maximum Gasteiger partial charge on any atom is 0.240 e. The molecular formula is C14H24N2O2S. The first-order valence-electron chi connectivity index (χ1n) is 6.65. The quantitative estimate of drug-likeness (QED) is 0.795. The van der Waals surface area contributed by atoms with E-state index < -0.39 is 6.04 Å². The summed E-state index contributed by atoms with van der Waals surface area (Å²) in [6.45, 7) is 5.80. The molecule has 0 aliphatic carbocycles. The normalized spacial score (nSPS) is 14.1. The van der Waals surface area contributed by atoms with Crippen LogP contribution in [0.25, 0.3) is 0 Å². The number of ether oxygens (including phenoxy) is 1. The van der Waals surface area contributed by atoms with Crippen molar-refractivity contribution >= 4 is 17.2 Å². The maximum absolute atomic E-state index is 12.4. The summed E-state index contributed by atoms with van der Waals surface area (Å²) in [5.41, 5.74) is 6.04. The number of amides is 1. The molecule has 2 N–H and O–H groups in total. The lowest BCUT2D eigenvalue weighted by atomic mass is 9.99. The van der Waals surface area contributed by atoms with Crippen LogP contribution in [0.5, 0.6) is 0 Å². The Balaban J connectivity index is 2.69. The molecule has 1 heterocycles. The lowest BCUT2D eigenvalue weighted by Crippen LogP contribution is -2.47. The fourth-order valence-electron chi connectivity index (χ4n) is 1.77. The average Bonchev–Trinajstić information content (AvgIpc) is 2.93. The van der Waals surface area contributed by atoms with Crippen LogP contribution in [0, 0.1) is 5.92 Å². The van der Waals surface area contributed by atoms with E-state index in [2.05, 4.69) is 6.92 Å². The molecule has 1 unspecified atom stereocenters. The number of thiophene rings is 1. The third-order valence-corrected chi connectivity index (χ3v) is 4.21. The highest BCUT2D eigenvalue weighted by atomic mass is 32.1. The Labute approximate surface area is 119 Å². The fraction of sp³-hybridized carbons (Fsp3) is 0.643. The van der Waals surface area contributed by atoms with Gasteiger partial charge in [0.15, 0.2) is 0 Å². The van der Waals surface area contributed by atoms with Crippen LogP contribution in [-0.2, 0) is 16.1 Å². The molecule has 0 aromatic carbocycles. The van der Waals surface area contributed by atoms with E-state index >= 15 is 0 Å². The topological polar surface area (TPSA) is 55.6 Å². The predicted molar refractivity (Wildman–Crippen MR) is 79.0 cm³/mol. The Kier molecular flexibility index (Phi) is 7.05. The molecule has 4 nitrogen and oxygen atoms in total. The minimum Gasteiger partial charge on any atom is -0.383 e. The minimum atomic E-state index is -0.429. The highest BCUT2D eigenvalue weighted by Crippen LogP contribution is 2.15. The monoisotopic (exact) mass is 284 g/mol. The van der Waals surface area contributed by atoms with Crippen molar-refractivity contribution in [2.75, 3.05) is 20.3 Å². The number of nitrogens with zero attached hydrogens (tertiary/aromatic N) is 1. The van der Waals surface area contributed by atoms with Crippen molar-refractivity contribution in [3.63, 3.8) is 0 Å². The molecule has 2 atom stereocenters. The summed E-state index contributed by atoms with van der Waals surface area (Å²) < 4.78 is 5.08. The lowest BCUT2D eigenvalue weighted by Gasteiger charge is -2.27. The van der Waals surface area contributed by atoms with E-state index in [0.717, 1.165) is 6.42 Å². The number of rotatable bonds is 8. The van der Waals surface area contributed by atoms with E-state index in [-0.39, 0.29) is 11.8 Å². The van der Waals surface area contributed by atoms with Crippen LogP contribution >= 0.6 is 11.3 Å². The Morgan fingerprint density at radius 3 is 2.84 bits per heavy atom. The summed E-state index contributed by atoms with van der Waals surface area (Å²) in [5.74, 6) is 0.209. The zero-order chi connectivity index (χ0) is 14.3. The number of hydrogen-bond acceptors (Lipinski definition) is 4. The Hall–Kier alpha value is -0.910. The summed E-state index contributed by atoms with van der Waals surface area (Å²) >= 11 is 1.65. The van der Waals surface area contributed by atoms with E-state index in [1.54, 1.807) is 23.3 Å². The zero-order valence-corrected chi connectivity index (χ0v) is 12.8. The van der Waals surface area contributed by atoms with Crippen molar-refractivity contribution in [3.05, 3.63) is 22.4 Å². The summed E-state index contributed by atoms with van der Waals surface area (Å²) in [6, 6.07) is 3.60. The summed E-state index contributed by atoms with van der Waals surface area (Å²) in [6.07, 6.45) is 0.907. The second-order valence-electron chi connectivity index (χ2n) is 4.74. The van der Waals surface area contributed by atoms with Gasteiger partial charge in [-0.2, -0.15) is 0 Å². The summed E-state index contributed by atoms with van der Waals surface area (Å²) in [4.78, 5) is 15.4. The van der Waals surface area contributed by atoms with Gasteiger partial charge in [-0.25, -0.2) is 0 Å². The van der Waals surface area contributed by atoms with Crippen LogP contribution in [0.1, 0.15) is 25.1 Å². The molecule has 0 aliphatic rings. The maximum atomic E-state index is 12.4. The van der Waals surface area contributed by atoms with Gasteiger partial charge in [0.25, 0.3) is 0 Å². The molecule has 1 amide bonds. The van der Waals surface area contributed by atoms with E-state index in [9.17, 15) is 4.79 Å². The average molecular weight is 284 g/mol. The van der Waals surface area contributed by atoms with Gasteiger partial charge in [0.05, 0.1) is 19.2 Å². The molecule has 0 saturated carbocycles. The Morgan fingerprint density at radius 2 is 2.32 bits per heavy atom. The van der Waals surface area contributed by atoms with E-state index in [1.807, 2.05) is 24.4 Å². The van der Waals surface area contributed by atoms with Crippen LogP contribution in [-0.4, -0.2) is 37.1 Å². The van der Waals surface area contributed by atoms with Gasteiger partial charge < -0.3 is 15.4 Å². The van der Waals surface area contributed by atoms with Gasteiger partial charge in [0.2, 0.25) is 5.91 Å². The molecule has 1 rings (SSSR count). The zero-order valence-electron chi connectivity index (χ0n) is 12.0. The molecule has 5 heteroatoms. The minimum absolute atomic E-state index is 0.0137. The number of carbonyl (C=O) groups excluding carboxylic acids is 1. The van der Waals surface area contributed by atoms with Crippen molar-refractivity contribution in [2.45, 2.75) is 32.9 Å². The van der Waals surface area contributed by atoms with Crippen molar-refractivity contribution in [3.8, 4) is 0 Å². The molecule has 1 aromatic heterocycles. The van der Waals surface area contributed by atoms with E-state index in [0.29, 0.717) is 19.7 Å². The van der Waals surface area contributed by atoms with Crippen molar-refractivity contribution in [1.82, 2.24) is 4.90 Å². The highest BCUT2D eigenvalue weighted by molar-refractivity contribution is 7.09. The smallest absolute Gasteiger partial charge is 0.240 e. The van der Waals surface area contributed by atoms with Gasteiger partial charge in [0.1, 0.15) is 0 Å². The summed E-state index contributed by atoms with van der Waals surface area (Å²) in [5, 5.41) is 2.02. The van der Waals surface area contributed by atoms with Gasteiger partial charge in [-0.15, -0.1) is 11.3 Å². The van der Waals surface area contributed by atoms with Crippen molar-refractivity contribution in [2.24, 2.45) is 11.7 Å². The van der Waals surface area contributed by atoms with Crippen molar-refractivity contribution in [1.29, 1.82) is 0 Å². The SMILES string of the molecule is CCC(C)[C@H](N)C(=O)N(CCOC)Cc1cccs1. The van der Waals surface area contributed by atoms with Gasteiger partial charge >= 0.3 is 0 Å². The predicted octanol–water partition coefficient (Wildman–Crippen LogP) is 2.10. The first kappa shape index (κ1) is 16.1. The Morgan fingerprint density at radius 1 is 1.58 bits per heavy atom. The van der Waals surface area contributed by atoms with Crippen LogP contribution < -0.4 is 5.73 Å². The molecule has 1 aromatic rings. The van der Waals surface area contributed by atoms with Crippen LogP contribution in [0.4, 0.5) is 0 Å². The molecule has 0 spiro atoms. The molecular weight excluding hydrogens is 260 g/mol. The molecule has 0 saturated heterocycles. The molecule has 0 radical (unpaired) electrons. The Bertz CT molecular complexity index is 368. The third kappa shape index (κ3) is 4.93. The summed E-state index contributed by atoms with van der Waals surface area (Å²) in [7, 11) is 1.64. The molecule has 0 fully saturated rings. The van der Waals surface area contributed by atoms with Gasteiger partial charge in [0, 0.05) is 18.5 Å². The molecule has 108 valence electrons. The van der Waals surface area contributed by atoms with Crippen LogP contribution in [0.3, 0.4) is 0 Å². The molecule has 0 bridgehead atoms. The number of methoxy groups -OCH3 is 1. The first-order chi connectivity index (χ1) is 9.10. The van der Waals surface area contributed by atoms with Crippen LogP contribution in [0.2, 0.25) is 0 Å². The largest absolute Gasteiger partial charge is 0.383 e. The van der Waals surface area contributed by atoms with Crippen molar-refractivity contribution < 1.29 is 9.53 Å². The standard InChI is InChI=1S/C14H24N2O2S/c1-4-11(2)13(15)14(17)16(7-8-18-3)10-12-6-5-9-19-12/h5-6,9,11,13H,4,7-8,10,15H2,1-3H3/t11?,13-/m0/s1. The number of nitrogens with two attached hydrogens (primary N) is 1. The fourth-order valence-corrected chi connectivity index (χ4v) is 2.49. The highest BCUT2D eigenvalue weighted by Gasteiger charge is 2.25. The van der Waals surface area contributed by atoms with Gasteiger partial charge in [-0.05, 0) is 17.4 Å². The second-order valence-corrected chi connectivity index (χ2v) is 5.78. The lowest BCUT2D eigenvalue weighted by molar-refractivity contribution is -0.135. The van der Waals surface area contributed by atoms with Gasteiger partial charge in [-0.1, -0.05) is 26.3 Å². The molecule has 0 aliphatic heterocycles. The number of hydrogen-bond donors (Lipinski definition) is 1. The first-order valence-corrected chi connectivity index (χ1v) is 7.53.